The Bertz CT molecular complexity index is 1440. The summed E-state index contributed by atoms with van der Waals surface area (Å²) in [5.41, 5.74) is 5.59. The van der Waals surface area contributed by atoms with Gasteiger partial charge in [0.2, 0.25) is 11.8 Å². The lowest BCUT2D eigenvalue weighted by molar-refractivity contribution is -0.137. The van der Waals surface area contributed by atoms with E-state index in [1.54, 1.807) is 23.5 Å². The maximum Gasteiger partial charge on any atom is 0.257 e. The average Bonchev–Trinajstić information content (AvgIpc) is 3.38. The molecule has 3 aromatic carbocycles. The lowest BCUT2D eigenvalue weighted by Crippen LogP contribution is -2.44. The summed E-state index contributed by atoms with van der Waals surface area (Å²) >= 11 is 1.61. The molecule has 6 nitrogen and oxygen atoms in total. The number of thiazole rings is 1. The summed E-state index contributed by atoms with van der Waals surface area (Å²) in [5, 5.41) is 0.884. The SMILES string of the molecule is CC(=O)N(Cc1ccc(C)cc1)C1CC(=O)N(c2ccc(-c3nc4ccc(C)cc4s3)cc2)C1=O. The van der Waals surface area contributed by atoms with Crippen LogP contribution in [0.2, 0.25) is 0 Å². The van der Waals surface area contributed by atoms with Gasteiger partial charge in [-0.05, 0) is 61.4 Å². The van der Waals surface area contributed by atoms with Crippen LogP contribution in [0.15, 0.2) is 66.7 Å². The molecule has 2 heterocycles. The molecule has 0 aliphatic carbocycles. The number of nitrogens with zero attached hydrogens (tertiary/aromatic N) is 3. The van der Waals surface area contributed by atoms with Crippen LogP contribution in [-0.2, 0) is 20.9 Å². The van der Waals surface area contributed by atoms with E-state index in [-0.39, 0.29) is 30.7 Å². The molecule has 1 aromatic heterocycles. The molecule has 1 saturated heterocycles. The van der Waals surface area contributed by atoms with E-state index in [0.717, 1.165) is 31.9 Å². The van der Waals surface area contributed by atoms with E-state index in [4.69, 9.17) is 4.98 Å². The summed E-state index contributed by atoms with van der Waals surface area (Å²) in [6, 6.07) is 20.5. The van der Waals surface area contributed by atoms with Crippen LogP contribution in [-0.4, -0.2) is 33.6 Å². The Morgan fingerprint density at radius 2 is 1.69 bits per heavy atom. The van der Waals surface area contributed by atoms with Crippen LogP contribution in [0.5, 0.6) is 0 Å². The Labute approximate surface area is 207 Å². The first-order chi connectivity index (χ1) is 16.8. The minimum Gasteiger partial charge on any atom is -0.326 e. The third-order valence-electron chi connectivity index (χ3n) is 6.29. The molecule has 1 fully saturated rings. The highest BCUT2D eigenvalue weighted by Crippen LogP contribution is 2.33. The number of carbonyl (C=O) groups excluding carboxylic acids is 3. The van der Waals surface area contributed by atoms with Crippen molar-refractivity contribution in [3.05, 3.63) is 83.4 Å². The van der Waals surface area contributed by atoms with Crippen molar-refractivity contribution in [3.63, 3.8) is 0 Å². The Kier molecular flexibility index (Phi) is 5.94. The summed E-state index contributed by atoms with van der Waals surface area (Å²) in [7, 11) is 0. The first kappa shape index (κ1) is 22.9. The van der Waals surface area contributed by atoms with Gasteiger partial charge in [0.25, 0.3) is 5.91 Å². The highest BCUT2D eigenvalue weighted by atomic mass is 32.1. The van der Waals surface area contributed by atoms with Crippen LogP contribution < -0.4 is 4.90 Å². The van der Waals surface area contributed by atoms with E-state index in [1.807, 2.05) is 55.5 Å². The lowest BCUT2D eigenvalue weighted by Gasteiger charge is -2.26. The number of benzene rings is 3. The number of carbonyl (C=O) groups is 3. The second-order valence-corrected chi connectivity index (χ2v) is 9.99. The van der Waals surface area contributed by atoms with Gasteiger partial charge in [0.15, 0.2) is 0 Å². The number of anilines is 1. The number of rotatable bonds is 5. The van der Waals surface area contributed by atoms with Crippen LogP contribution >= 0.6 is 11.3 Å². The molecule has 176 valence electrons. The number of hydrogen-bond acceptors (Lipinski definition) is 5. The first-order valence-electron chi connectivity index (χ1n) is 11.5. The van der Waals surface area contributed by atoms with Crippen molar-refractivity contribution in [1.29, 1.82) is 0 Å². The number of hydrogen-bond donors (Lipinski definition) is 0. The number of amides is 3. The molecule has 1 unspecified atom stereocenters. The molecule has 0 spiro atoms. The molecular formula is C28H25N3O3S. The highest BCUT2D eigenvalue weighted by Gasteiger charge is 2.43. The minimum atomic E-state index is -0.812. The van der Waals surface area contributed by atoms with Gasteiger partial charge in [-0.1, -0.05) is 35.9 Å². The fourth-order valence-corrected chi connectivity index (χ4v) is 5.44. The third kappa shape index (κ3) is 4.47. The molecule has 1 aliphatic heterocycles. The Hall–Kier alpha value is -3.84. The quantitative estimate of drug-likeness (QED) is 0.363. The van der Waals surface area contributed by atoms with Crippen LogP contribution in [0, 0.1) is 13.8 Å². The van der Waals surface area contributed by atoms with E-state index >= 15 is 0 Å². The van der Waals surface area contributed by atoms with Crippen molar-refractivity contribution in [1.82, 2.24) is 9.88 Å². The zero-order valence-electron chi connectivity index (χ0n) is 19.8. The largest absolute Gasteiger partial charge is 0.326 e. The zero-order valence-corrected chi connectivity index (χ0v) is 20.6. The van der Waals surface area contributed by atoms with Crippen molar-refractivity contribution in [2.45, 2.75) is 39.8 Å². The summed E-state index contributed by atoms with van der Waals surface area (Å²) < 4.78 is 1.12. The molecule has 0 bridgehead atoms. The normalized spacial score (nSPS) is 15.7. The van der Waals surface area contributed by atoms with Crippen molar-refractivity contribution < 1.29 is 14.4 Å². The number of aryl methyl sites for hydroxylation is 2. The topological polar surface area (TPSA) is 70.6 Å². The molecule has 4 aromatic rings. The zero-order chi connectivity index (χ0) is 24.7. The van der Waals surface area contributed by atoms with Gasteiger partial charge in [0, 0.05) is 19.0 Å². The fourth-order valence-electron chi connectivity index (χ4n) is 4.37. The van der Waals surface area contributed by atoms with E-state index < -0.39 is 6.04 Å². The summed E-state index contributed by atoms with van der Waals surface area (Å²) in [5.74, 6) is -0.918. The average molecular weight is 484 g/mol. The Morgan fingerprint density at radius 3 is 2.37 bits per heavy atom. The summed E-state index contributed by atoms with van der Waals surface area (Å²) in [6.45, 7) is 5.76. The van der Waals surface area contributed by atoms with Gasteiger partial charge >= 0.3 is 0 Å². The second kappa shape index (κ2) is 9.07. The van der Waals surface area contributed by atoms with Gasteiger partial charge in [-0.2, -0.15) is 0 Å². The molecule has 7 heteroatoms. The maximum atomic E-state index is 13.3. The van der Waals surface area contributed by atoms with Crippen LogP contribution in [0.1, 0.15) is 30.0 Å². The number of imide groups is 1. The predicted molar refractivity (Wildman–Crippen MR) is 138 cm³/mol. The Balaban J connectivity index is 1.37. The van der Waals surface area contributed by atoms with E-state index in [1.165, 1.54) is 22.3 Å². The molecule has 3 amide bonds. The van der Waals surface area contributed by atoms with E-state index in [0.29, 0.717) is 5.69 Å². The van der Waals surface area contributed by atoms with Crippen LogP contribution in [0.4, 0.5) is 5.69 Å². The maximum absolute atomic E-state index is 13.3. The van der Waals surface area contributed by atoms with Gasteiger partial charge < -0.3 is 4.90 Å². The van der Waals surface area contributed by atoms with Gasteiger partial charge in [0.1, 0.15) is 11.0 Å². The Morgan fingerprint density at radius 1 is 1.00 bits per heavy atom. The monoisotopic (exact) mass is 483 g/mol. The van der Waals surface area contributed by atoms with Crippen molar-refractivity contribution in [2.24, 2.45) is 0 Å². The lowest BCUT2D eigenvalue weighted by atomic mass is 10.1. The molecule has 0 N–H and O–H groups in total. The van der Waals surface area contributed by atoms with E-state index in [2.05, 4.69) is 13.0 Å². The number of aromatic nitrogens is 1. The van der Waals surface area contributed by atoms with Crippen molar-refractivity contribution in [3.8, 4) is 10.6 Å². The first-order valence-corrected chi connectivity index (χ1v) is 12.3. The van der Waals surface area contributed by atoms with Gasteiger partial charge in [0.05, 0.1) is 22.3 Å². The van der Waals surface area contributed by atoms with Crippen molar-refractivity contribution >= 4 is 45.0 Å². The summed E-state index contributed by atoms with van der Waals surface area (Å²) in [4.78, 5) is 46.0. The molecule has 1 atom stereocenters. The highest BCUT2D eigenvalue weighted by molar-refractivity contribution is 7.21. The minimum absolute atomic E-state index is 0.0246. The predicted octanol–water partition coefficient (Wildman–Crippen LogP) is 5.26. The standard InChI is InChI=1S/C28H25N3O3S/c1-17-4-7-20(8-5-17)16-30(19(3)32)24-15-26(33)31(28(24)34)22-11-9-21(10-12-22)27-29-23-13-6-18(2)14-25(23)35-27/h4-14,24H,15-16H2,1-3H3. The van der Waals surface area contributed by atoms with Crippen LogP contribution in [0.25, 0.3) is 20.8 Å². The molecule has 1 aliphatic rings. The molecule has 35 heavy (non-hydrogen) atoms. The molecule has 5 rings (SSSR count). The second-order valence-electron chi connectivity index (χ2n) is 8.96. The van der Waals surface area contributed by atoms with Gasteiger partial charge in [-0.25, -0.2) is 9.88 Å². The van der Waals surface area contributed by atoms with Crippen LogP contribution in [0.3, 0.4) is 0 Å². The molecule has 0 saturated carbocycles. The van der Waals surface area contributed by atoms with Gasteiger partial charge in [-0.15, -0.1) is 11.3 Å². The third-order valence-corrected chi connectivity index (χ3v) is 7.36. The fraction of sp³-hybridized carbons (Fsp3) is 0.214. The van der Waals surface area contributed by atoms with Crippen molar-refractivity contribution in [2.75, 3.05) is 4.90 Å². The smallest absolute Gasteiger partial charge is 0.257 e. The molecular weight excluding hydrogens is 458 g/mol. The number of fused-ring (bicyclic) bond motifs is 1. The van der Waals surface area contributed by atoms with E-state index in [9.17, 15) is 14.4 Å². The molecule has 0 radical (unpaired) electrons. The summed E-state index contributed by atoms with van der Waals surface area (Å²) in [6.07, 6.45) is -0.0246. The van der Waals surface area contributed by atoms with Gasteiger partial charge in [-0.3, -0.25) is 14.4 Å².